The van der Waals surface area contributed by atoms with Crippen LogP contribution in [-0.2, 0) is 21.6 Å². The first-order valence-corrected chi connectivity index (χ1v) is 10.5. The van der Waals surface area contributed by atoms with E-state index in [9.17, 15) is 9.00 Å². The maximum atomic E-state index is 12.1. The van der Waals surface area contributed by atoms with Crippen LogP contribution in [0.5, 0.6) is 5.75 Å². The molecule has 146 valence electrons. The van der Waals surface area contributed by atoms with Crippen LogP contribution in [0.3, 0.4) is 0 Å². The van der Waals surface area contributed by atoms with E-state index in [0.29, 0.717) is 22.2 Å². The maximum absolute atomic E-state index is 12.1. The van der Waals surface area contributed by atoms with E-state index < -0.39 is 17.0 Å². The van der Waals surface area contributed by atoms with Crippen molar-refractivity contribution in [2.75, 3.05) is 0 Å². The molecule has 0 fully saturated rings. The largest absolute Gasteiger partial charge is 0.456 e. The number of ether oxygens (including phenoxy) is 1. The lowest BCUT2D eigenvalue weighted by molar-refractivity contribution is -0.108. The van der Waals surface area contributed by atoms with Gasteiger partial charge >= 0.3 is 0 Å². The van der Waals surface area contributed by atoms with Crippen LogP contribution in [0.2, 0.25) is 5.15 Å². The van der Waals surface area contributed by atoms with E-state index in [-0.39, 0.29) is 5.75 Å². The van der Waals surface area contributed by atoms with E-state index in [2.05, 4.69) is 4.98 Å². The predicted octanol–water partition coefficient (Wildman–Crippen LogP) is 4.70. The fraction of sp³-hybridized carbons (Fsp3) is 0.0909. The predicted molar refractivity (Wildman–Crippen MR) is 113 cm³/mol. The van der Waals surface area contributed by atoms with E-state index in [1.807, 2.05) is 42.5 Å². The highest BCUT2D eigenvalue weighted by Gasteiger charge is 2.31. The van der Waals surface area contributed by atoms with Crippen LogP contribution in [-0.4, -0.2) is 20.0 Å². The zero-order valence-electron chi connectivity index (χ0n) is 15.1. The molecule has 1 aliphatic rings. The Balaban J connectivity index is 1.88. The standard InChI is InChI=1S/C22H16ClNO4S/c23-20-10-9-16(11-24-20)21-18(12-25)17-3-1-2-4-19(17)28-22(21)15-7-5-14(6-8-15)13-29(26)27/h1-12,18H,13H2,(H,26,27). The Bertz CT molecular complexity index is 1110. The lowest BCUT2D eigenvalue weighted by Crippen LogP contribution is -2.16. The minimum absolute atomic E-state index is 0.0495. The number of carbonyl (C=O) groups is 1. The summed E-state index contributed by atoms with van der Waals surface area (Å²) in [5, 5.41) is 0.358. The molecule has 0 saturated heterocycles. The maximum Gasteiger partial charge on any atom is 0.157 e. The summed E-state index contributed by atoms with van der Waals surface area (Å²) in [6.07, 6.45) is 2.52. The number of para-hydroxylation sites is 1. The van der Waals surface area contributed by atoms with Crippen LogP contribution in [0, 0.1) is 0 Å². The molecule has 0 radical (unpaired) electrons. The van der Waals surface area contributed by atoms with Crippen molar-refractivity contribution in [3.05, 3.63) is 94.3 Å². The molecular weight excluding hydrogens is 410 g/mol. The highest BCUT2D eigenvalue weighted by Crippen LogP contribution is 2.45. The third kappa shape index (κ3) is 4.00. The molecule has 1 N–H and O–H groups in total. The van der Waals surface area contributed by atoms with Gasteiger partial charge in [-0.1, -0.05) is 54.1 Å². The molecule has 4 rings (SSSR count). The van der Waals surface area contributed by atoms with Crippen LogP contribution in [0.4, 0.5) is 0 Å². The lowest BCUT2D eigenvalue weighted by Gasteiger charge is -2.28. The molecule has 0 bridgehead atoms. The van der Waals surface area contributed by atoms with Gasteiger partial charge in [0.1, 0.15) is 22.9 Å². The lowest BCUT2D eigenvalue weighted by atomic mass is 9.84. The van der Waals surface area contributed by atoms with E-state index in [0.717, 1.165) is 28.5 Å². The van der Waals surface area contributed by atoms with Crippen molar-refractivity contribution >= 4 is 40.3 Å². The number of nitrogens with zero attached hydrogens (tertiary/aromatic N) is 1. The summed E-state index contributed by atoms with van der Waals surface area (Å²) in [5.74, 6) is 0.684. The van der Waals surface area contributed by atoms with Gasteiger partial charge in [-0.15, -0.1) is 0 Å². The molecule has 0 amide bonds. The summed E-state index contributed by atoms with van der Waals surface area (Å²) < 4.78 is 26.4. The summed E-state index contributed by atoms with van der Waals surface area (Å²) in [6.45, 7) is 0. The van der Waals surface area contributed by atoms with Gasteiger partial charge < -0.3 is 14.1 Å². The molecular formula is C22H16ClNO4S. The van der Waals surface area contributed by atoms with Crippen molar-refractivity contribution < 1.29 is 18.3 Å². The zero-order chi connectivity index (χ0) is 20.4. The number of fused-ring (bicyclic) bond motifs is 1. The van der Waals surface area contributed by atoms with Gasteiger partial charge in [0.2, 0.25) is 0 Å². The minimum Gasteiger partial charge on any atom is -0.456 e. The van der Waals surface area contributed by atoms with E-state index in [4.69, 9.17) is 20.9 Å². The monoisotopic (exact) mass is 425 g/mol. The Hall–Kier alpha value is -2.80. The molecule has 1 aromatic heterocycles. The normalized spacial score (nSPS) is 16.7. The van der Waals surface area contributed by atoms with E-state index in [1.54, 1.807) is 24.4 Å². The number of halogens is 1. The number of rotatable bonds is 5. The number of allylic oxidation sites excluding steroid dienone is 1. The third-order valence-electron chi connectivity index (χ3n) is 4.70. The molecule has 0 aliphatic carbocycles. The summed E-state index contributed by atoms with van der Waals surface area (Å²) in [4.78, 5) is 16.3. The molecule has 2 atom stereocenters. The van der Waals surface area contributed by atoms with Crippen LogP contribution in [0.25, 0.3) is 11.3 Å². The van der Waals surface area contributed by atoms with Gasteiger partial charge in [-0.25, -0.2) is 9.19 Å². The molecule has 1 aliphatic heterocycles. The molecule has 0 saturated carbocycles. The number of carbonyl (C=O) groups excluding carboxylic acids is 1. The van der Waals surface area contributed by atoms with Crippen molar-refractivity contribution in [3.8, 4) is 5.75 Å². The van der Waals surface area contributed by atoms with Crippen LogP contribution < -0.4 is 4.74 Å². The zero-order valence-corrected chi connectivity index (χ0v) is 16.7. The van der Waals surface area contributed by atoms with Gasteiger partial charge in [-0.2, -0.15) is 0 Å². The first-order chi connectivity index (χ1) is 14.1. The number of aldehydes is 1. The van der Waals surface area contributed by atoms with Gasteiger partial charge in [0.15, 0.2) is 11.1 Å². The number of hydrogen-bond donors (Lipinski definition) is 1. The molecule has 3 aromatic rings. The van der Waals surface area contributed by atoms with Gasteiger partial charge in [-0.3, -0.25) is 0 Å². The summed E-state index contributed by atoms with van der Waals surface area (Å²) in [5.41, 5.74) is 3.69. The van der Waals surface area contributed by atoms with Crippen LogP contribution in [0.1, 0.15) is 28.2 Å². The Labute approximate surface area is 175 Å². The molecule has 5 nitrogen and oxygen atoms in total. The average molecular weight is 426 g/mol. The van der Waals surface area contributed by atoms with Crippen molar-refractivity contribution in [3.63, 3.8) is 0 Å². The number of pyridine rings is 1. The average Bonchev–Trinajstić information content (AvgIpc) is 2.73. The van der Waals surface area contributed by atoms with Gasteiger partial charge in [0.25, 0.3) is 0 Å². The number of benzene rings is 2. The van der Waals surface area contributed by atoms with Crippen molar-refractivity contribution in [2.24, 2.45) is 0 Å². The first kappa shape index (κ1) is 19.5. The smallest absolute Gasteiger partial charge is 0.157 e. The Kier molecular flexibility index (Phi) is 5.58. The summed E-state index contributed by atoms with van der Waals surface area (Å²) >= 11 is 4.03. The van der Waals surface area contributed by atoms with Crippen molar-refractivity contribution in [1.82, 2.24) is 4.98 Å². The van der Waals surface area contributed by atoms with Crippen LogP contribution >= 0.6 is 11.6 Å². The minimum atomic E-state index is -1.91. The number of aromatic nitrogens is 1. The third-order valence-corrected chi connectivity index (χ3v) is 5.51. The molecule has 0 spiro atoms. The quantitative estimate of drug-likeness (QED) is 0.364. The molecule has 2 heterocycles. The fourth-order valence-corrected chi connectivity index (χ4v) is 3.98. The van der Waals surface area contributed by atoms with Gasteiger partial charge in [-0.05, 0) is 23.8 Å². The fourth-order valence-electron chi connectivity index (χ4n) is 3.39. The molecule has 29 heavy (non-hydrogen) atoms. The Morgan fingerprint density at radius 3 is 2.45 bits per heavy atom. The molecule has 7 heteroatoms. The Morgan fingerprint density at radius 1 is 1.07 bits per heavy atom. The van der Waals surface area contributed by atoms with Gasteiger partial charge in [0.05, 0.1) is 11.7 Å². The van der Waals surface area contributed by atoms with Crippen LogP contribution in [0.15, 0.2) is 66.9 Å². The van der Waals surface area contributed by atoms with E-state index in [1.165, 1.54) is 0 Å². The SMILES string of the molecule is O=CC1C(c2ccc(Cl)nc2)=C(c2ccc(CS(=O)O)cc2)Oc2ccccc21. The highest BCUT2D eigenvalue weighted by molar-refractivity contribution is 7.78. The second-order valence-corrected chi connectivity index (χ2v) is 7.85. The second kappa shape index (κ2) is 8.29. The topological polar surface area (TPSA) is 76.5 Å². The second-order valence-electron chi connectivity index (χ2n) is 6.53. The molecule has 2 unspecified atom stereocenters. The van der Waals surface area contributed by atoms with Gasteiger partial charge in [0, 0.05) is 28.5 Å². The highest BCUT2D eigenvalue weighted by atomic mass is 35.5. The summed E-state index contributed by atoms with van der Waals surface area (Å²) in [7, 11) is 0. The molecule has 2 aromatic carbocycles. The van der Waals surface area contributed by atoms with Crippen molar-refractivity contribution in [1.29, 1.82) is 0 Å². The number of hydrogen-bond acceptors (Lipinski definition) is 4. The summed E-state index contributed by atoms with van der Waals surface area (Å²) in [6, 6.07) is 18.1. The van der Waals surface area contributed by atoms with Crippen molar-refractivity contribution in [2.45, 2.75) is 11.7 Å². The van der Waals surface area contributed by atoms with E-state index >= 15 is 0 Å². The Morgan fingerprint density at radius 2 is 1.79 bits per heavy atom. The first-order valence-electron chi connectivity index (χ1n) is 8.81.